The topological polar surface area (TPSA) is 88.8 Å². The largest absolute Gasteiger partial charge is 0.381 e. The second kappa shape index (κ2) is 15.3. The van der Waals surface area contributed by atoms with Gasteiger partial charge in [0.2, 0.25) is 6.41 Å². The van der Waals surface area contributed by atoms with E-state index in [-0.39, 0.29) is 11.2 Å². The number of hydrogen-bond acceptors (Lipinski definition) is 5. The quantitative estimate of drug-likeness (QED) is 0.504. The summed E-state index contributed by atoms with van der Waals surface area (Å²) in [6.45, 7) is 13.3. The highest BCUT2D eigenvalue weighted by atomic mass is 32.2. The number of aryl methyl sites for hydroxylation is 1. The summed E-state index contributed by atoms with van der Waals surface area (Å²) in [5.74, 6) is 1.05. The highest BCUT2D eigenvalue weighted by Gasteiger charge is 2.38. The van der Waals surface area contributed by atoms with Crippen molar-refractivity contribution in [3.63, 3.8) is 0 Å². The third-order valence-corrected chi connectivity index (χ3v) is 7.73. The summed E-state index contributed by atoms with van der Waals surface area (Å²) in [6.07, 6.45) is 8.96. The highest BCUT2D eigenvalue weighted by molar-refractivity contribution is 7.84. The molecule has 1 aromatic heterocycles. The molecular weight excluding hydrogens is 412 g/mol. The normalized spacial score (nSPS) is 19.3. The Morgan fingerprint density at radius 2 is 1.77 bits per heavy atom. The van der Waals surface area contributed by atoms with E-state index in [0.717, 1.165) is 64.5 Å². The van der Waals surface area contributed by atoms with Crippen LogP contribution in [0.25, 0.3) is 0 Å². The van der Waals surface area contributed by atoms with Crippen LogP contribution in [0.2, 0.25) is 0 Å². The maximum absolute atomic E-state index is 13.0. The lowest BCUT2D eigenvalue weighted by molar-refractivity contribution is -0.106. The SMILES string of the molecule is CC.CCCCCc1ccc(N2CCN(S(=O)C3(C)CCOCC3)CC2)nc1.NC=O. The molecule has 7 nitrogen and oxygen atoms in total. The first-order valence-electron chi connectivity index (χ1n) is 11.6. The lowest BCUT2D eigenvalue weighted by Gasteiger charge is -2.40. The Morgan fingerprint density at radius 3 is 2.29 bits per heavy atom. The molecule has 0 radical (unpaired) electrons. The molecule has 1 unspecified atom stereocenters. The molecular formula is C23H42N4O3S. The van der Waals surface area contributed by atoms with Crippen LogP contribution in [-0.2, 0) is 26.9 Å². The van der Waals surface area contributed by atoms with Gasteiger partial charge in [0.25, 0.3) is 0 Å². The number of nitrogens with two attached hydrogens (primary N) is 1. The molecule has 1 atom stereocenters. The molecule has 2 aliphatic heterocycles. The second-order valence-electron chi connectivity index (χ2n) is 7.85. The number of unbranched alkanes of at least 4 members (excludes halogenated alkanes) is 2. The Bertz CT molecular complexity index is 628. The number of ether oxygens (including phenoxy) is 1. The predicted molar refractivity (Wildman–Crippen MR) is 129 cm³/mol. The minimum atomic E-state index is -0.932. The zero-order valence-electron chi connectivity index (χ0n) is 19.8. The minimum Gasteiger partial charge on any atom is -0.381 e. The molecule has 1 aromatic rings. The molecule has 2 aliphatic rings. The van der Waals surface area contributed by atoms with Crippen molar-refractivity contribution in [3.8, 4) is 0 Å². The van der Waals surface area contributed by atoms with Crippen LogP contribution in [0.1, 0.15) is 65.4 Å². The van der Waals surface area contributed by atoms with Crippen molar-refractivity contribution in [1.82, 2.24) is 9.29 Å². The first-order chi connectivity index (χ1) is 15.0. The van der Waals surface area contributed by atoms with E-state index in [1.54, 1.807) is 0 Å². The third-order valence-electron chi connectivity index (χ3n) is 5.65. The molecule has 0 aliphatic carbocycles. The van der Waals surface area contributed by atoms with Gasteiger partial charge in [0.15, 0.2) is 0 Å². The fraction of sp³-hybridized carbons (Fsp3) is 0.739. The van der Waals surface area contributed by atoms with Crippen LogP contribution >= 0.6 is 0 Å². The van der Waals surface area contributed by atoms with E-state index in [1.165, 1.54) is 24.8 Å². The summed E-state index contributed by atoms with van der Waals surface area (Å²) < 4.78 is 20.5. The van der Waals surface area contributed by atoms with Gasteiger partial charge >= 0.3 is 0 Å². The number of nitrogens with zero attached hydrogens (tertiary/aromatic N) is 3. The Hall–Kier alpha value is -1.51. The van der Waals surface area contributed by atoms with Gasteiger partial charge in [-0.05, 0) is 44.2 Å². The molecule has 0 aromatic carbocycles. The highest BCUT2D eigenvalue weighted by Crippen LogP contribution is 2.29. The van der Waals surface area contributed by atoms with Crippen LogP contribution in [0.5, 0.6) is 0 Å². The molecule has 0 bridgehead atoms. The lowest BCUT2D eigenvalue weighted by atomic mass is 10.0. The first kappa shape index (κ1) is 27.5. The number of carbonyl (C=O) groups is 1. The maximum atomic E-state index is 13.0. The number of amides is 1. The Morgan fingerprint density at radius 1 is 1.16 bits per heavy atom. The predicted octanol–water partition coefficient (Wildman–Crippen LogP) is 3.30. The average Bonchev–Trinajstić information content (AvgIpc) is 2.82. The van der Waals surface area contributed by atoms with E-state index >= 15 is 0 Å². The number of anilines is 1. The van der Waals surface area contributed by atoms with E-state index in [2.05, 4.69) is 45.9 Å². The molecule has 3 rings (SSSR count). The smallest absolute Gasteiger partial charge is 0.204 e. The number of primary amides is 1. The zero-order chi connectivity index (χ0) is 23.1. The van der Waals surface area contributed by atoms with Crippen LogP contribution in [0.15, 0.2) is 18.3 Å². The Kier molecular flexibility index (Phi) is 13.6. The Labute approximate surface area is 191 Å². The standard InChI is InChI=1S/C20H33N3O2S.C2H6.CH3NO/c1-3-4-5-6-18-7-8-19(21-17-18)22-11-13-23(14-12-22)26(24)20(2)9-15-25-16-10-20;1-2;2-1-3/h7-8,17H,3-6,9-16H2,1-2H3;1-2H3;1H,(H2,2,3). The fourth-order valence-electron chi connectivity index (χ4n) is 3.70. The number of hydrogen-bond donors (Lipinski definition) is 1. The summed E-state index contributed by atoms with van der Waals surface area (Å²) in [6, 6.07) is 4.36. The van der Waals surface area contributed by atoms with Gasteiger partial charge in [-0.25, -0.2) is 13.5 Å². The molecule has 2 N–H and O–H groups in total. The van der Waals surface area contributed by atoms with Crippen LogP contribution < -0.4 is 10.6 Å². The third kappa shape index (κ3) is 8.86. The molecule has 0 spiro atoms. The van der Waals surface area contributed by atoms with Crippen molar-refractivity contribution in [2.24, 2.45) is 5.73 Å². The maximum Gasteiger partial charge on any atom is 0.204 e. The van der Waals surface area contributed by atoms with Gasteiger partial charge in [-0.15, -0.1) is 0 Å². The molecule has 3 heterocycles. The Balaban J connectivity index is 0.000000884. The van der Waals surface area contributed by atoms with Gasteiger partial charge in [0.1, 0.15) is 16.8 Å². The molecule has 0 saturated carbocycles. The van der Waals surface area contributed by atoms with Gasteiger partial charge in [0.05, 0.1) is 4.75 Å². The summed E-state index contributed by atoms with van der Waals surface area (Å²) in [4.78, 5) is 15.6. The molecule has 178 valence electrons. The van der Waals surface area contributed by atoms with Crippen molar-refractivity contribution in [3.05, 3.63) is 23.9 Å². The van der Waals surface area contributed by atoms with Crippen molar-refractivity contribution in [2.75, 3.05) is 44.3 Å². The van der Waals surface area contributed by atoms with Crippen LogP contribution in [0, 0.1) is 0 Å². The van der Waals surface area contributed by atoms with Crippen LogP contribution in [0.3, 0.4) is 0 Å². The molecule has 8 heteroatoms. The van der Waals surface area contributed by atoms with Crippen molar-refractivity contribution < 1.29 is 13.7 Å². The second-order valence-corrected chi connectivity index (χ2v) is 9.85. The minimum absolute atomic E-state index is 0.126. The fourth-order valence-corrected chi connectivity index (χ4v) is 5.34. The molecule has 31 heavy (non-hydrogen) atoms. The number of piperazine rings is 1. The van der Waals surface area contributed by atoms with E-state index < -0.39 is 11.0 Å². The summed E-state index contributed by atoms with van der Waals surface area (Å²) in [5, 5.41) is 0. The van der Waals surface area contributed by atoms with Gasteiger partial charge in [-0.2, -0.15) is 0 Å². The van der Waals surface area contributed by atoms with E-state index in [0.29, 0.717) is 0 Å². The van der Waals surface area contributed by atoms with Gasteiger partial charge < -0.3 is 15.4 Å². The monoisotopic (exact) mass is 454 g/mol. The molecule has 2 fully saturated rings. The summed E-state index contributed by atoms with van der Waals surface area (Å²) >= 11 is 0. The first-order valence-corrected chi connectivity index (χ1v) is 12.7. The van der Waals surface area contributed by atoms with Gasteiger partial charge in [0, 0.05) is 45.6 Å². The zero-order valence-corrected chi connectivity index (χ0v) is 20.7. The molecule has 1 amide bonds. The van der Waals surface area contributed by atoms with Gasteiger partial charge in [-0.1, -0.05) is 39.7 Å². The molecule has 2 saturated heterocycles. The van der Waals surface area contributed by atoms with Gasteiger partial charge in [-0.3, -0.25) is 4.79 Å². The van der Waals surface area contributed by atoms with E-state index in [1.807, 2.05) is 20.0 Å². The average molecular weight is 455 g/mol. The number of aromatic nitrogens is 1. The lowest BCUT2D eigenvalue weighted by Crippen LogP contribution is -2.52. The summed E-state index contributed by atoms with van der Waals surface area (Å²) in [5.41, 5.74) is 5.49. The van der Waals surface area contributed by atoms with Crippen molar-refractivity contribution in [2.45, 2.75) is 71.0 Å². The number of pyridine rings is 1. The van der Waals surface area contributed by atoms with E-state index in [4.69, 9.17) is 9.53 Å². The van der Waals surface area contributed by atoms with Crippen LogP contribution in [-0.4, -0.2) is 64.0 Å². The number of rotatable bonds is 7. The van der Waals surface area contributed by atoms with Crippen LogP contribution in [0.4, 0.5) is 5.82 Å². The number of carbonyl (C=O) groups excluding carboxylic acids is 1. The summed E-state index contributed by atoms with van der Waals surface area (Å²) in [7, 11) is -0.932. The van der Waals surface area contributed by atoms with Crippen molar-refractivity contribution >= 4 is 23.2 Å². The van der Waals surface area contributed by atoms with E-state index in [9.17, 15) is 4.21 Å². The van der Waals surface area contributed by atoms with Crippen molar-refractivity contribution in [1.29, 1.82) is 0 Å².